The summed E-state index contributed by atoms with van der Waals surface area (Å²) in [4.78, 5) is 32.7. The molecule has 0 saturated heterocycles. The second-order valence-corrected chi connectivity index (χ2v) is 11.1. The Kier molecular flexibility index (Phi) is 9.25. The molecule has 0 saturated carbocycles. The summed E-state index contributed by atoms with van der Waals surface area (Å²) in [6.45, 7) is 4.42. The number of methoxy groups -OCH3 is 1. The zero-order valence-electron chi connectivity index (χ0n) is 23.6. The first-order valence-electron chi connectivity index (χ1n) is 13.8. The molecule has 2 heterocycles. The maximum Gasteiger partial charge on any atom is 0.338 e. The van der Waals surface area contributed by atoms with E-state index in [1.54, 1.807) is 18.6 Å². The van der Waals surface area contributed by atoms with Gasteiger partial charge in [-0.25, -0.2) is 9.79 Å². The summed E-state index contributed by atoms with van der Waals surface area (Å²) >= 11 is 7.26. The Morgan fingerprint density at radius 2 is 1.79 bits per heavy atom. The molecule has 3 aromatic carbocycles. The highest BCUT2D eigenvalue weighted by atomic mass is 35.5. The van der Waals surface area contributed by atoms with Gasteiger partial charge in [-0.1, -0.05) is 78.7 Å². The van der Waals surface area contributed by atoms with Crippen LogP contribution < -0.4 is 24.4 Å². The zero-order valence-corrected chi connectivity index (χ0v) is 25.2. The van der Waals surface area contributed by atoms with Crippen molar-refractivity contribution in [2.24, 2.45) is 4.99 Å². The SMILES string of the molecule is CCCC1=C(C(=O)OCC)C(c2ccccc2OC)n2c(s/c(=C\c3ccc(OCc4ccc(Cl)cc4)cc3)c2=O)=N1. The Morgan fingerprint density at radius 3 is 2.48 bits per heavy atom. The number of halogens is 1. The number of carbonyl (C=O) groups excluding carboxylic acids is 1. The van der Waals surface area contributed by atoms with Crippen LogP contribution in [0.25, 0.3) is 6.08 Å². The van der Waals surface area contributed by atoms with E-state index in [1.807, 2.05) is 85.8 Å². The fourth-order valence-corrected chi connectivity index (χ4v) is 6.01. The Bertz CT molecular complexity index is 1790. The van der Waals surface area contributed by atoms with Crippen LogP contribution in [-0.4, -0.2) is 24.3 Å². The van der Waals surface area contributed by atoms with Gasteiger partial charge in [0.1, 0.15) is 24.1 Å². The van der Waals surface area contributed by atoms with Crippen LogP contribution in [0.15, 0.2) is 93.9 Å². The van der Waals surface area contributed by atoms with Gasteiger partial charge in [-0.05, 0) is 60.9 Å². The number of rotatable bonds is 10. The van der Waals surface area contributed by atoms with Gasteiger partial charge in [-0.2, -0.15) is 0 Å². The monoisotopic (exact) mass is 602 g/mol. The number of fused-ring (bicyclic) bond motifs is 1. The maximum absolute atomic E-state index is 14.0. The van der Waals surface area contributed by atoms with E-state index in [0.29, 0.717) is 55.7 Å². The first-order chi connectivity index (χ1) is 20.4. The molecule has 1 aliphatic rings. The molecule has 0 amide bonds. The van der Waals surface area contributed by atoms with Gasteiger partial charge in [0.2, 0.25) is 0 Å². The van der Waals surface area contributed by atoms with Gasteiger partial charge in [0.25, 0.3) is 5.56 Å². The molecule has 0 bridgehead atoms. The van der Waals surface area contributed by atoms with Crippen molar-refractivity contribution in [1.82, 2.24) is 4.57 Å². The smallest absolute Gasteiger partial charge is 0.338 e. The summed E-state index contributed by atoms with van der Waals surface area (Å²) in [5.41, 5.74) is 3.30. The molecular weight excluding hydrogens is 572 g/mol. The van der Waals surface area contributed by atoms with Crippen LogP contribution in [0.5, 0.6) is 11.5 Å². The van der Waals surface area contributed by atoms with E-state index in [4.69, 9.17) is 30.8 Å². The number of thiazole rings is 1. The lowest BCUT2D eigenvalue weighted by molar-refractivity contribution is -0.139. The molecule has 7 nitrogen and oxygen atoms in total. The van der Waals surface area contributed by atoms with Gasteiger partial charge >= 0.3 is 5.97 Å². The molecule has 0 radical (unpaired) electrons. The van der Waals surface area contributed by atoms with E-state index in [0.717, 1.165) is 17.5 Å². The number of nitrogens with zero attached hydrogens (tertiary/aromatic N) is 2. The van der Waals surface area contributed by atoms with Crippen LogP contribution >= 0.6 is 22.9 Å². The van der Waals surface area contributed by atoms with Crippen molar-refractivity contribution in [3.63, 3.8) is 0 Å². The summed E-state index contributed by atoms with van der Waals surface area (Å²) in [5, 5.41) is 0.682. The number of hydrogen-bond donors (Lipinski definition) is 0. The highest BCUT2D eigenvalue weighted by Crippen LogP contribution is 2.36. The summed E-state index contributed by atoms with van der Waals surface area (Å²) < 4.78 is 19.1. The van der Waals surface area contributed by atoms with Gasteiger partial charge in [0.15, 0.2) is 4.80 Å². The molecular formula is C33H31ClN2O5S. The molecule has 9 heteroatoms. The Balaban J connectivity index is 1.55. The van der Waals surface area contributed by atoms with Crippen molar-refractivity contribution in [2.75, 3.05) is 13.7 Å². The van der Waals surface area contributed by atoms with Crippen LogP contribution in [0.2, 0.25) is 5.02 Å². The third-order valence-corrected chi connectivity index (χ3v) is 8.06. The van der Waals surface area contributed by atoms with Gasteiger partial charge in [0, 0.05) is 10.6 Å². The van der Waals surface area contributed by atoms with Gasteiger partial charge in [0.05, 0.1) is 29.5 Å². The largest absolute Gasteiger partial charge is 0.496 e. The van der Waals surface area contributed by atoms with Crippen molar-refractivity contribution in [3.8, 4) is 11.5 Å². The van der Waals surface area contributed by atoms with Crippen molar-refractivity contribution in [1.29, 1.82) is 0 Å². The van der Waals surface area contributed by atoms with Crippen LogP contribution in [0.3, 0.4) is 0 Å². The molecule has 0 spiro atoms. The molecule has 0 fully saturated rings. The van der Waals surface area contributed by atoms with Crippen molar-refractivity contribution in [2.45, 2.75) is 39.3 Å². The van der Waals surface area contributed by atoms with Crippen LogP contribution in [0, 0.1) is 0 Å². The number of esters is 1. The lowest BCUT2D eigenvalue weighted by atomic mass is 9.93. The topological polar surface area (TPSA) is 79.1 Å². The standard InChI is InChI=1S/C33H31ClN2O5S/c1-4-8-26-29(32(38)40-5-2)30(25-9-6-7-10-27(25)39-3)36-31(37)28(42-33(36)35-26)19-21-13-17-24(18-14-21)41-20-22-11-15-23(34)16-12-22/h6-7,9-19,30H,4-5,8,20H2,1-3H3/b28-19-. The predicted molar refractivity (Wildman–Crippen MR) is 165 cm³/mol. The van der Waals surface area contributed by atoms with Crippen molar-refractivity contribution < 1.29 is 19.0 Å². The average Bonchev–Trinajstić information content (AvgIpc) is 3.31. The first kappa shape index (κ1) is 29.4. The average molecular weight is 603 g/mol. The van der Waals surface area contributed by atoms with Crippen molar-refractivity contribution in [3.05, 3.63) is 125 Å². The third-order valence-electron chi connectivity index (χ3n) is 6.82. The molecule has 216 valence electrons. The second-order valence-electron chi connectivity index (χ2n) is 9.64. The van der Waals surface area contributed by atoms with Crippen LogP contribution in [0.4, 0.5) is 0 Å². The normalized spacial score (nSPS) is 14.8. The van der Waals surface area contributed by atoms with Crippen LogP contribution in [0.1, 0.15) is 49.4 Å². The Labute approximate surface area is 253 Å². The Hall–Kier alpha value is -4.14. The summed E-state index contributed by atoms with van der Waals surface area (Å²) in [6.07, 6.45) is 3.18. The number of para-hydroxylation sites is 1. The van der Waals surface area contributed by atoms with E-state index in [-0.39, 0.29) is 12.2 Å². The number of allylic oxidation sites excluding steroid dienone is 1. The number of aromatic nitrogens is 1. The Morgan fingerprint density at radius 1 is 1.05 bits per heavy atom. The van der Waals surface area contributed by atoms with E-state index in [1.165, 1.54) is 11.3 Å². The van der Waals surface area contributed by atoms with E-state index >= 15 is 0 Å². The molecule has 1 aliphatic heterocycles. The van der Waals surface area contributed by atoms with E-state index in [2.05, 4.69) is 0 Å². The second kappa shape index (κ2) is 13.2. The third kappa shape index (κ3) is 6.20. The fraction of sp³-hybridized carbons (Fsp3) is 0.242. The number of carbonyl (C=O) groups is 1. The van der Waals surface area contributed by atoms with Crippen LogP contribution in [-0.2, 0) is 16.1 Å². The lowest BCUT2D eigenvalue weighted by Gasteiger charge is -2.26. The molecule has 5 rings (SSSR count). The summed E-state index contributed by atoms with van der Waals surface area (Å²) in [6, 6.07) is 21.7. The number of hydrogen-bond acceptors (Lipinski definition) is 7. The minimum Gasteiger partial charge on any atom is -0.496 e. The lowest BCUT2D eigenvalue weighted by Crippen LogP contribution is -2.40. The fourth-order valence-electron chi connectivity index (χ4n) is 4.87. The van der Waals surface area contributed by atoms with Gasteiger partial charge in [-0.15, -0.1) is 0 Å². The number of ether oxygens (including phenoxy) is 3. The molecule has 0 N–H and O–H groups in total. The molecule has 1 atom stereocenters. The van der Waals surface area contributed by atoms with E-state index < -0.39 is 12.0 Å². The molecule has 42 heavy (non-hydrogen) atoms. The van der Waals surface area contributed by atoms with Gasteiger partial charge in [-0.3, -0.25) is 9.36 Å². The highest BCUT2D eigenvalue weighted by molar-refractivity contribution is 7.07. The first-order valence-corrected chi connectivity index (χ1v) is 14.9. The summed E-state index contributed by atoms with van der Waals surface area (Å²) in [7, 11) is 1.58. The zero-order chi connectivity index (χ0) is 29.6. The quantitative estimate of drug-likeness (QED) is 0.214. The van der Waals surface area contributed by atoms with E-state index in [9.17, 15) is 9.59 Å². The highest BCUT2D eigenvalue weighted by Gasteiger charge is 2.35. The summed E-state index contributed by atoms with van der Waals surface area (Å²) in [5.74, 6) is 0.804. The minimum atomic E-state index is -0.733. The number of benzene rings is 3. The molecule has 0 aliphatic carbocycles. The maximum atomic E-state index is 14.0. The van der Waals surface area contributed by atoms with Crippen molar-refractivity contribution >= 4 is 35.0 Å². The molecule has 4 aromatic rings. The molecule has 1 aromatic heterocycles. The molecule has 1 unspecified atom stereocenters. The predicted octanol–water partition coefficient (Wildman–Crippen LogP) is 5.82. The minimum absolute atomic E-state index is 0.213. The van der Waals surface area contributed by atoms with Gasteiger partial charge < -0.3 is 14.2 Å².